The standard InChI is InChI=1S/C17H15F3N2O6/c1-8(2)27-15(25)11-4-10(5-12(6-11)28-9(3)23)14(24)22-16-21-13(7-26-16)17(18,19)20/h4-8H,1-3H3,(H,21,22,24). The van der Waals surface area contributed by atoms with E-state index in [0.29, 0.717) is 6.26 Å². The van der Waals surface area contributed by atoms with E-state index in [0.717, 1.165) is 19.1 Å². The normalized spacial score (nSPS) is 11.2. The first-order valence-electron chi connectivity index (χ1n) is 7.84. The molecule has 0 bridgehead atoms. The van der Waals surface area contributed by atoms with E-state index < -0.39 is 41.8 Å². The monoisotopic (exact) mass is 400 g/mol. The lowest BCUT2D eigenvalue weighted by molar-refractivity contribution is -0.141. The van der Waals surface area contributed by atoms with Gasteiger partial charge < -0.3 is 13.9 Å². The van der Waals surface area contributed by atoms with E-state index in [4.69, 9.17) is 9.47 Å². The Kier molecular flexibility index (Phi) is 6.06. The fourth-order valence-electron chi connectivity index (χ4n) is 1.99. The van der Waals surface area contributed by atoms with Gasteiger partial charge in [-0.1, -0.05) is 0 Å². The highest BCUT2D eigenvalue weighted by atomic mass is 19.4. The largest absolute Gasteiger partial charge is 0.459 e. The zero-order valence-corrected chi connectivity index (χ0v) is 14.9. The number of carbonyl (C=O) groups excluding carboxylic acids is 3. The van der Waals surface area contributed by atoms with Crippen molar-refractivity contribution >= 4 is 23.9 Å². The van der Waals surface area contributed by atoms with Crippen molar-refractivity contribution in [3.63, 3.8) is 0 Å². The summed E-state index contributed by atoms with van der Waals surface area (Å²) in [6.45, 7) is 4.34. The maximum atomic E-state index is 12.5. The maximum absolute atomic E-state index is 12.5. The first-order chi connectivity index (χ1) is 13.0. The Bertz CT molecular complexity index is 905. The molecule has 0 spiro atoms. The van der Waals surface area contributed by atoms with E-state index in [-0.39, 0.29) is 16.9 Å². The molecule has 2 aromatic rings. The number of hydrogen-bond acceptors (Lipinski definition) is 7. The van der Waals surface area contributed by atoms with Crippen LogP contribution in [0.25, 0.3) is 0 Å². The van der Waals surface area contributed by atoms with Crippen LogP contribution in [0.1, 0.15) is 47.2 Å². The van der Waals surface area contributed by atoms with Gasteiger partial charge >= 0.3 is 24.1 Å². The second kappa shape index (κ2) is 8.11. The summed E-state index contributed by atoms with van der Waals surface area (Å²) in [4.78, 5) is 38.7. The van der Waals surface area contributed by atoms with Gasteiger partial charge in [-0.25, -0.2) is 4.79 Å². The van der Waals surface area contributed by atoms with Crippen molar-refractivity contribution in [1.29, 1.82) is 0 Å². The van der Waals surface area contributed by atoms with Crippen molar-refractivity contribution in [2.75, 3.05) is 5.32 Å². The van der Waals surface area contributed by atoms with Crippen molar-refractivity contribution in [3.8, 4) is 5.75 Å². The molecule has 0 aliphatic rings. The number of nitrogens with zero attached hydrogens (tertiary/aromatic N) is 1. The SMILES string of the molecule is CC(=O)Oc1cc(C(=O)Nc2nc(C(F)(F)F)co2)cc(C(=O)OC(C)C)c1. The lowest BCUT2D eigenvalue weighted by Crippen LogP contribution is -2.16. The summed E-state index contributed by atoms with van der Waals surface area (Å²) < 4.78 is 52.1. The van der Waals surface area contributed by atoms with Crippen LogP contribution in [0.3, 0.4) is 0 Å². The Hall–Kier alpha value is -3.37. The number of oxazole rings is 1. The summed E-state index contributed by atoms with van der Waals surface area (Å²) in [5.41, 5.74) is -1.61. The number of benzene rings is 1. The molecule has 1 heterocycles. The quantitative estimate of drug-likeness (QED) is 0.605. The number of halogens is 3. The molecule has 1 amide bonds. The van der Waals surface area contributed by atoms with Crippen molar-refractivity contribution in [1.82, 2.24) is 4.98 Å². The predicted molar refractivity (Wildman–Crippen MR) is 87.8 cm³/mol. The number of aromatic nitrogens is 1. The van der Waals surface area contributed by atoms with Crippen LogP contribution in [0, 0.1) is 0 Å². The van der Waals surface area contributed by atoms with Crippen molar-refractivity contribution in [3.05, 3.63) is 41.3 Å². The summed E-state index contributed by atoms with van der Waals surface area (Å²) >= 11 is 0. The molecule has 0 saturated carbocycles. The minimum absolute atomic E-state index is 0.0963. The smallest absolute Gasteiger partial charge is 0.436 e. The highest BCUT2D eigenvalue weighted by Crippen LogP contribution is 2.29. The molecule has 0 radical (unpaired) electrons. The molecule has 0 fully saturated rings. The lowest BCUT2D eigenvalue weighted by Gasteiger charge is -2.11. The average Bonchev–Trinajstić information content (AvgIpc) is 3.02. The van der Waals surface area contributed by atoms with Gasteiger partial charge in [0.05, 0.1) is 11.7 Å². The van der Waals surface area contributed by atoms with E-state index in [1.54, 1.807) is 13.8 Å². The maximum Gasteiger partial charge on any atom is 0.436 e. The van der Waals surface area contributed by atoms with Crippen LogP contribution in [0.15, 0.2) is 28.9 Å². The summed E-state index contributed by atoms with van der Waals surface area (Å²) in [5, 5.41) is 2.03. The Morgan fingerprint density at radius 3 is 2.32 bits per heavy atom. The summed E-state index contributed by atoms with van der Waals surface area (Å²) in [5.74, 6) is -2.56. The van der Waals surface area contributed by atoms with Crippen LogP contribution in [-0.2, 0) is 15.7 Å². The van der Waals surface area contributed by atoms with Gasteiger partial charge in [0.25, 0.3) is 5.91 Å². The summed E-state index contributed by atoms with van der Waals surface area (Å²) in [6.07, 6.45) is -4.85. The van der Waals surface area contributed by atoms with E-state index in [1.807, 2.05) is 5.32 Å². The van der Waals surface area contributed by atoms with Gasteiger partial charge in [-0.2, -0.15) is 18.2 Å². The molecule has 1 N–H and O–H groups in total. The van der Waals surface area contributed by atoms with Gasteiger partial charge in [0.1, 0.15) is 12.0 Å². The molecule has 0 atom stereocenters. The van der Waals surface area contributed by atoms with Gasteiger partial charge in [-0.15, -0.1) is 0 Å². The zero-order valence-electron chi connectivity index (χ0n) is 14.9. The van der Waals surface area contributed by atoms with Gasteiger partial charge in [0, 0.05) is 12.5 Å². The van der Waals surface area contributed by atoms with Crippen LogP contribution < -0.4 is 10.1 Å². The molecular formula is C17H15F3N2O6. The minimum atomic E-state index is -4.74. The Labute approximate surface area is 156 Å². The molecule has 28 heavy (non-hydrogen) atoms. The molecule has 1 aromatic heterocycles. The number of carbonyl (C=O) groups is 3. The van der Waals surface area contributed by atoms with Crippen LogP contribution in [-0.4, -0.2) is 28.9 Å². The lowest BCUT2D eigenvalue weighted by atomic mass is 10.1. The van der Waals surface area contributed by atoms with E-state index in [9.17, 15) is 27.6 Å². The van der Waals surface area contributed by atoms with Crippen LogP contribution in [0.4, 0.5) is 19.2 Å². The Morgan fingerprint density at radius 1 is 1.14 bits per heavy atom. The van der Waals surface area contributed by atoms with E-state index in [2.05, 4.69) is 9.40 Å². The molecule has 0 unspecified atom stereocenters. The Morgan fingerprint density at radius 2 is 1.79 bits per heavy atom. The fraction of sp³-hybridized carbons (Fsp3) is 0.294. The number of amides is 1. The molecule has 150 valence electrons. The van der Waals surface area contributed by atoms with Gasteiger partial charge in [-0.3, -0.25) is 14.9 Å². The van der Waals surface area contributed by atoms with Crippen LogP contribution in [0.5, 0.6) is 5.75 Å². The Balaban J connectivity index is 2.31. The zero-order chi connectivity index (χ0) is 21.1. The van der Waals surface area contributed by atoms with Crippen molar-refractivity contribution in [2.24, 2.45) is 0 Å². The van der Waals surface area contributed by atoms with Crippen LogP contribution in [0.2, 0.25) is 0 Å². The summed E-state index contributed by atoms with van der Waals surface area (Å²) in [7, 11) is 0. The van der Waals surface area contributed by atoms with Gasteiger partial charge in [0.15, 0.2) is 5.69 Å². The molecule has 8 nitrogen and oxygen atoms in total. The number of hydrogen-bond donors (Lipinski definition) is 1. The van der Waals surface area contributed by atoms with Gasteiger partial charge in [-0.05, 0) is 32.0 Å². The first kappa shape index (κ1) is 20.9. The molecular weight excluding hydrogens is 385 g/mol. The number of esters is 2. The third-order valence-electron chi connectivity index (χ3n) is 3.02. The summed E-state index contributed by atoms with van der Waals surface area (Å²) in [6, 6.07) is 2.74. The molecule has 2 rings (SSSR count). The molecule has 1 aromatic carbocycles. The molecule has 0 aliphatic heterocycles. The average molecular weight is 400 g/mol. The topological polar surface area (TPSA) is 108 Å². The number of rotatable bonds is 5. The number of anilines is 1. The highest BCUT2D eigenvalue weighted by molar-refractivity contribution is 6.05. The minimum Gasteiger partial charge on any atom is -0.459 e. The third-order valence-corrected chi connectivity index (χ3v) is 3.02. The molecule has 11 heteroatoms. The van der Waals surface area contributed by atoms with Gasteiger partial charge in [0.2, 0.25) is 0 Å². The molecule has 0 aliphatic carbocycles. The number of nitrogens with one attached hydrogen (secondary N) is 1. The van der Waals surface area contributed by atoms with Crippen LogP contribution >= 0.6 is 0 Å². The number of alkyl halides is 3. The van der Waals surface area contributed by atoms with Crippen molar-refractivity contribution < 1.29 is 41.4 Å². The predicted octanol–water partition coefficient (Wildman–Crippen LogP) is 3.44. The highest BCUT2D eigenvalue weighted by Gasteiger charge is 2.35. The number of ether oxygens (including phenoxy) is 2. The van der Waals surface area contributed by atoms with Crippen molar-refractivity contribution in [2.45, 2.75) is 33.1 Å². The van der Waals surface area contributed by atoms with E-state index >= 15 is 0 Å². The second-order valence-corrected chi connectivity index (χ2v) is 5.78. The van der Waals surface area contributed by atoms with E-state index in [1.165, 1.54) is 6.07 Å². The fourth-order valence-corrected chi connectivity index (χ4v) is 1.99. The second-order valence-electron chi connectivity index (χ2n) is 5.78. The third kappa shape index (κ3) is 5.56. The molecule has 0 saturated heterocycles. The first-order valence-corrected chi connectivity index (χ1v) is 7.84.